The van der Waals surface area contributed by atoms with Crippen LogP contribution in [-0.2, 0) is 4.79 Å². The predicted octanol–water partition coefficient (Wildman–Crippen LogP) is 4.45. The molecule has 1 N–H and O–H groups in total. The number of halogens is 1. The smallest absolute Gasteiger partial charge is 0.234 e. The van der Waals surface area contributed by atoms with Crippen LogP contribution in [0, 0.1) is 11.8 Å². The van der Waals surface area contributed by atoms with Gasteiger partial charge in [-0.2, -0.15) is 0 Å². The number of nitrogens with one attached hydrogen (secondary N) is 1. The van der Waals surface area contributed by atoms with Gasteiger partial charge in [-0.3, -0.25) is 4.79 Å². The van der Waals surface area contributed by atoms with Crippen LogP contribution in [0.2, 0.25) is 0 Å². The molecule has 3 rings (SSSR count). The molecule has 0 spiro atoms. The van der Waals surface area contributed by atoms with E-state index in [0.29, 0.717) is 17.6 Å². The number of amides is 1. The van der Waals surface area contributed by atoms with E-state index in [1.165, 1.54) is 18.2 Å². The van der Waals surface area contributed by atoms with E-state index in [0.717, 1.165) is 34.1 Å². The highest BCUT2D eigenvalue weighted by Crippen LogP contribution is 2.27. The maximum Gasteiger partial charge on any atom is 0.234 e. The quantitative estimate of drug-likeness (QED) is 0.556. The number of hydrogen-bond acceptors (Lipinski definition) is 5. The molecule has 1 aliphatic heterocycles. The molecule has 2 aromatic rings. The van der Waals surface area contributed by atoms with Crippen LogP contribution in [-0.4, -0.2) is 34.7 Å². The lowest BCUT2D eigenvalue weighted by molar-refractivity contribution is -0.113. The minimum atomic E-state index is -0.0438. The number of aromatic nitrogens is 2. The average Bonchev–Trinajstić information content (AvgIpc) is 2.61. The summed E-state index contributed by atoms with van der Waals surface area (Å²) >= 11 is 4.82. The molecule has 1 aliphatic rings. The fourth-order valence-electron chi connectivity index (χ4n) is 3.30. The summed E-state index contributed by atoms with van der Waals surface area (Å²) in [5, 5.41) is 3.72. The molecule has 138 valence electrons. The Morgan fingerprint density at radius 2 is 1.92 bits per heavy atom. The van der Waals surface area contributed by atoms with Gasteiger partial charge in [0.05, 0.1) is 5.75 Å². The van der Waals surface area contributed by atoms with Crippen molar-refractivity contribution in [3.8, 4) is 0 Å². The molecular formula is C19H23BrN4OS. The van der Waals surface area contributed by atoms with Crippen LogP contribution in [0.1, 0.15) is 20.3 Å². The fourth-order valence-corrected chi connectivity index (χ4v) is 4.23. The van der Waals surface area contributed by atoms with Gasteiger partial charge in [-0.25, -0.2) is 9.97 Å². The number of hydrogen-bond donors (Lipinski definition) is 1. The first-order valence-electron chi connectivity index (χ1n) is 8.75. The molecule has 0 bridgehead atoms. The Balaban J connectivity index is 1.56. The first-order valence-corrected chi connectivity index (χ1v) is 10.5. The molecule has 2 unspecified atom stereocenters. The third-order valence-electron chi connectivity index (χ3n) is 4.30. The van der Waals surface area contributed by atoms with E-state index in [1.807, 2.05) is 30.3 Å². The lowest BCUT2D eigenvalue weighted by Gasteiger charge is -2.35. The van der Waals surface area contributed by atoms with Gasteiger partial charge in [0.1, 0.15) is 17.2 Å². The molecule has 2 heterocycles. The standard InChI is InChI=1S/C19H23BrN4OS/c1-13-7-14(2)10-24(9-13)17-8-19(22-12-21-17)26-11-18(25)23-16-5-3-15(20)4-6-16/h3-6,8,12-14H,7,9-11H2,1-2H3,(H,23,25). The van der Waals surface area contributed by atoms with Gasteiger partial charge in [-0.1, -0.05) is 41.5 Å². The largest absolute Gasteiger partial charge is 0.356 e. The predicted molar refractivity (Wildman–Crippen MR) is 111 cm³/mol. The van der Waals surface area contributed by atoms with E-state index in [1.54, 1.807) is 6.33 Å². The topological polar surface area (TPSA) is 58.1 Å². The summed E-state index contributed by atoms with van der Waals surface area (Å²) in [6.07, 6.45) is 2.85. The van der Waals surface area contributed by atoms with Gasteiger partial charge < -0.3 is 10.2 Å². The van der Waals surface area contributed by atoms with Gasteiger partial charge in [0.25, 0.3) is 0 Å². The summed E-state index contributed by atoms with van der Waals surface area (Å²) in [7, 11) is 0. The Labute approximate surface area is 167 Å². The van der Waals surface area contributed by atoms with Crippen LogP contribution in [0.3, 0.4) is 0 Å². The van der Waals surface area contributed by atoms with Crippen molar-refractivity contribution in [1.82, 2.24) is 9.97 Å². The summed E-state index contributed by atoms with van der Waals surface area (Å²) in [5.74, 6) is 2.56. The molecular weight excluding hydrogens is 412 g/mol. The van der Waals surface area contributed by atoms with Crippen molar-refractivity contribution in [3.05, 3.63) is 41.1 Å². The molecule has 26 heavy (non-hydrogen) atoms. The molecule has 2 atom stereocenters. The zero-order valence-electron chi connectivity index (χ0n) is 15.0. The van der Waals surface area contributed by atoms with Crippen molar-refractivity contribution in [1.29, 1.82) is 0 Å². The Morgan fingerprint density at radius 1 is 1.23 bits per heavy atom. The van der Waals surface area contributed by atoms with Gasteiger partial charge in [-0.15, -0.1) is 0 Å². The van der Waals surface area contributed by atoms with E-state index >= 15 is 0 Å². The monoisotopic (exact) mass is 434 g/mol. The second-order valence-electron chi connectivity index (χ2n) is 6.91. The molecule has 1 fully saturated rings. The van der Waals surface area contributed by atoms with Crippen LogP contribution in [0.25, 0.3) is 0 Å². The van der Waals surface area contributed by atoms with Crippen molar-refractivity contribution >= 4 is 45.1 Å². The van der Waals surface area contributed by atoms with Gasteiger partial charge in [0, 0.05) is 29.3 Å². The van der Waals surface area contributed by atoms with Gasteiger partial charge in [0.15, 0.2) is 0 Å². The van der Waals surface area contributed by atoms with Crippen LogP contribution < -0.4 is 10.2 Å². The zero-order chi connectivity index (χ0) is 18.5. The molecule has 1 saturated heterocycles. The molecule has 1 aromatic heterocycles. The number of rotatable bonds is 5. The van der Waals surface area contributed by atoms with Gasteiger partial charge in [-0.05, 0) is 42.5 Å². The summed E-state index contributed by atoms with van der Waals surface area (Å²) in [6, 6.07) is 9.53. The molecule has 1 aromatic carbocycles. The second-order valence-corrected chi connectivity index (χ2v) is 8.82. The summed E-state index contributed by atoms with van der Waals surface area (Å²) in [4.78, 5) is 23.2. The summed E-state index contributed by atoms with van der Waals surface area (Å²) in [5.41, 5.74) is 0.790. The Bertz CT molecular complexity index is 745. The Morgan fingerprint density at radius 3 is 2.62 bits per heavy atom. The fraction of sp³-hybridized carbons (Fsp3) is 0.421. The zero-order valence-corrected chi connectivity index (χ0v) is 17.4. The third-order valence-corrected chi connectivity index (χ3v) is 5.75. The number of piperidine rings is 1. The van der Waals surface area contributed by atoms with E-state index < -0.39 is 0 Å². The molecule has 7 heteroatoms. The summed E-state index contributed by atoms with van der Waals surface area (Å²) in [6.45, 7) is 6.61. The number of carbonyl (C=O) groups excluding carboxylic acids is 1. The molecule has 1 amide bonds. The Kier molecular flexibility index (Phi) is 6.53. The highest BCUT2D eigenvalue weighted by molar-refractivity contribution is 9.10. The van der Waals surface area contributed by atoms with Crippen molar-refractivity contribution in [2.45, 2.75) is 25.3 Å². The maximum atomic E-state index is 12.1. The number of carbonyl (C=O) groups is 1. The van der Waals surface area contributed by atoms with Gasteiger partial charge >= 0.3 is 0 Å². The number of thioether (sulfide) groups is 1. The van der Waals surface area contributed by atoms with Crippen LogP contribution in [0.15, 0.2) is 46.2 Å². The number of anilines is 2. The number of benzene rings is 1. The first-order chi connectivity index (χ1) is 12.5. The van der Waals surface area contributed by atoms with E-state index in [-0.39, 0.29) is 5.91 Å². The minimum absolute atomic E-state index is 0.0438. The normalized spacial score (nSPS) is 20.0. The molecule has 0 saturated carbocycles. The molecule has 0 aliphatic carbocycles. The van der Waals surface area contributed by atoms with Crippen LogP contribution in [0.4, 0.5) is 11.5 Å². The molecule has 0 radical (unpaired) electrons. The SMILES string of the molecule is CC1CC(C)CN(c2cc(SCC(=O)Nc3ccc(Br)cc3)ncn2)C1. The minimum Gasteiger partial charge on any atom is -0.356 e. The lowest BCUT2D eigenvalue weighted by Crippen LogP contribution is -2.39. The van der Waals surface area contributed by atoms with Gasteiger partial charge in [0.2, 0.25) is 5.91 Å². The first kappa shape index (κ1) is 19.2. The van der Waals surface area contributed by atoms with Crippen LogP contribution >= 0.6 is 27.7 Å². The van der Waals surface area contributed by atoms with E-state index in [4.69, 9.17) is 0 Å². The van der Waals surface area contributed by atoms with E-state index in [9.17, 15) is 4.79 Å². The van der Waals surface area contributed by atoms with Crippen LogP contribution in [0.5, 0.6) is 0 Å². The van der Waals surface area contributed by atoms with Crippen molar-refractivity contribution in [2.24, 2.45) is 11.8 Å². The highest BCUT2D eigenvalue weighted by atomic mass is 79.9. The van der Waals surface area contributed by atoms with Crippen molar-refractivity contribution in [3.63, 3.8) is 0 Å². The molecule has 5 nitrogen and oxygen atoms in total. The van der Waals surface area contributed by atoms with Crippen molar-refractivity contribution in [2.75, 3.05) is 29.1 Å². The van der Waals surface area contributed by atoms with E-state index in [2.05, 4.69) is 50.0 Å². The van der Waals surface area contributed by atoms with Crippen molar-refractivity contribution < 1.29 is 4.79 Å². The maximum absolute atomic E-state index is 12.1. The number of nitrogens with zero attached hydrogens (tertiary/aromatic N) is 3. The lowest BCUT2D eigenvalue weighted by atomic mass is 9.92. The Hall–Kier alpha value is -1.60. The highest BCUT2D eigenvalue weighted by Gasteiger charge is 2.23. The second kappa shape index (κ2) is 8.86. The third kappa shape index (κ3) is 5.45. The summed E-state index contributed by atoms with van der Waals surface area (Å²) < 4.78 is 0.986. The average molecular weight is 435 g/mol.